The van der Waals surface area contributed by atoms with Gasteiger partial charge in [-0.3, -0.25) is 4.79 Å². The molecule has 1 saturated heterocycles. The van der Waals surface area contributed by atoms with E-state index in [9.17, 15) is 9.18 Å². The number of rotatable bonds is 4. The highest BCUT2D eigenvalue weighted by Crippen LogP contribution is 2.27. The predicted molar refractivity (Wildman–Crippen MR) is 116 cm³/mol. The minimum atomic E-state index is -0.420. The average molecular weight is 418 g/mol. The molecule has 1 amide bonds. The van der Waals surface area contributed by atoms with Crippen LogP contribution in [-0.4, -0.2) is 48.2 Å². The van der Waals surface area contributed by atoms with Crippen LogP contribution in [0.5, 0.6) is 0 Å². The molecule has 1 fully saturated rings. The maximum atomic E-state index is 14.7. The largest absolute Gasteiger partial charge is 0.378 e. The molecule has 0 saturated carbocycles. The normalized spacial score (nSPS) is 16.2. The van der Waals surface area contributed by atoms with Gasteiger partial charge in [0.1, 0.15) is 5.82 Å². The first kappa shape index (κ1) is 19.6. The second-order valence-electron chi connectivity index (χ2n) is 7.86. The predicted octanol–water partition coefficient (Wildman–Crippen LogP) is 3.02. The van der Waals surface area contributed by atoms with Gasteiger partial charge in [0.05, 0.1) is 24.5 Å². The van der Waals surface area contributed by atoms with Gasteiger partial charge in [0.15, 0.2) is 0 Å². The molecule has 2 aromatic carbocycles. The summed E-state index contributed by atoms with van der Waals surface area (Å²) in [4.78, 5) is 24.2. The Labute approximate surface area is 180 Å². The van der Waals surface area contributed by atoms with E-state index in [0.717, 1.165) is 12.8 Å². The summed E-state index contributed by atoms with van der Waals surface area (Å²) >= 11 is 0. The number of anilines is 1. The Morgan fingerprint density at radius 2 is 1.71 bits per heavy atom. The van der Waals surface area contributed by atoms with Gasteiger partial charge in [-0.1, -0.05) is 36.4 Å². The number of nitrogens with one attached hydrogen (secondary N) is 1. The molecule has 1 N–H and O–H groups in total. The van der Waals surface area contributed by atoms with E-state index in [-0.39, 0.29) is 17.5 Å². The average Bonchev–Trinajstić information content (AvgIpc) is 3.22. The standard InChI is InChI=1S/C24H23FN4O2/c25-21-8-4-3-7-19(21)22-20(15-26-24(28-22)29-9-11-31-12-10-29)23(30)27-18-13-16-5-1-2-6-17(16)14-18/h1-8,15,18H,9-14H2,(H,27,30). The molecule has 1 aliphatic heterocycles. The number of halogens is 1. The van der Waals surface area contributed by atoms with Crippen LogP contribution < -0.4 is 10.2 Å². The fourth-order valence-electron chi connectivity index (χ4n) is 4.24. The van der Waals surface area contributed by atoms with E-state index in [1.54, 1.807) is 18.2 Å². The van der Waals surface area contributed by atoms with Crippen molar-refractivity contribution < 1.29 is 13.9 Å². The lowest BCUT2D eigenvalue weighted by molar-refractivity contribution is 0.0938. The fraction of sp³-hybridized carbons (Fsp3) is 0.292. The molecule has 0 radical (unpaired) electrons. The molecular formula is C24H23FN4O2. The van der Waals surface area contributed by atoms with E-state index >= 15 is 0 Å². The van der Waals surface area contributed by atoms with Crippen LogP contribution in [-0.2, 0) is 17.6 Å². The third-order valence-electron chi connectivity index (χ3n) is 5.83. The van der Waals surface area contributed by atoms with Crippen LogP contribution in [0.1, 0.15) is 21.5 Å². The summed E-state index contributed by atoms with van der Waals surface area (Å²) in [6.45, 7) is 2.48. The van der Waals surface area contributed by atoms with Crippen molar-refractivity contribution >= 4 is 11.9 Å². The van der Waals surface area contributed by atoms with Gasteiger partial charge in [-0.05, 0) is 36.1 Å². The van der Waals surface area contributed by atoms with Crippen LogP contribution in [0.3, 0.4) is 0 Å². The van der Waals surface area contributed by atoms with Crippen molar-refractivity contribution in [3.05, 3.63) is 77.2 Å². The topological polar surface area (TPSA) is 67.4 Å². The van der Waals surface area contributed by atoms with E-state index < -0.39 is 5.82 Å². The summed E-state index contributed by atoms with van der Waals surface area (Å²) < 4.78 is 20.0. The molecule has 1 aromatic heterocycles. The minimum absolute atomic E-state index is 0.00251. The first-order valence-electron chi connectivity index (χ1n) is 10.5. The van der Waals surface area contributed by atoms with Gasteiger partial charge in [0.2, 0.25) is 5.95 Å². The molecule has 7 heteroatoms. The Morgan fingerprint density at radius 3 is 2.42 bits per heavy atom. The maximum Gasteiger partial charge on any atom is 0.255 e. The molecule has 0 bridgehead atoms. The van der Waals surface area contributed by atoms with Crippen LogP contribution in [0.2, 0.25) is 0 Å². The number of hydrogen-bond acceptors (Lipinski definition) is 5. The number of nitrogens with zero attached hydrogens (tertiary/aromatic N) is 3. The minimum Gasteiger partial charge on any atom is -0.378 e. The molecular weight excluding hydrogens is 395 g/mol. The molecule has 0 unspecified atom stereocenters. The lowest BCUT2D eigenvalue weighted by Crippen LogP contribution is -2.38. The zero-order valence-corrected chi connectivity index (χ0v) is 17.1. The maximum absolute atomic E-state index is 14.7. The summed E-state index contributed by atoms with van der Waals surface area (Å²) in [5.41, 5.74) is 3.38. The SMILES string of the molecule is O=C(NC1Cc2ccccc2C1)c1cnc(N2CCOCC2)nc1-c1ccccc1F. The number of carbonyl (C=O) groups excluding carboxylic acids is 1. The van der Waals surface area contributed by atoms with Crippen LogP contribution >= 0.6 is 0 Å². The Kier molecular flexibility index (Phi) is 5.34. The van der Waals surface area contributed by atoms with Crippen molar-refractivity contribution in [1.29, 1.82) is 0 Å². The monoisotopic (exact) mass is 418 g/mol. The van der Waals surface area contributed by atoms with Crippen molar-refractivity contribution in [1.82, 2.24) is 15.3 Å². The zero-order valence-electron chi connectivity index (χ0n) is 17.1. The van der Waals surface area contributed by atoms with Crippen molar-refractivity contribution in [2.75, 3.05) is 31.2 Å². The smallest absolute Gasteiger partial charge is 0.255 e. The van der Waals surface area contributed by atoms with E-state index in [1.807, 2.05) is 17.0 Å². The molecule has 31 heavy (non-hydrogen) atoms. The Bertz CT molecular complexity index is 1090. The number of aromatic nitrogens is 2. The third kappa shape index (κ3) is 4.01. The van der Waals surface area contributed by atoms with Gasteiger partial charge in [-0.15, -0.1) is 0 Å². The van der Waals surface area contributed by atoms with Crippen LogP contribution in [0, 0.1) is 5.82 Å². The van der Waals surface area contributed by atoms with Crippen LogP contribution in [0.4, 0.5) is 10.3 Å². The number of morpholine rings is 1. The highest BCUT2D eigenvalue weighted by molar-refractivity contribution is 6.00. The van der Waals surface area contributed by atoms with E-state index in [1.165, 1.54) is 23.4 Å². The Hall–Kier alpha value is -3.32. The summed E-state index contributed by atoms with van der Waals surface area (Å²) in [6.07, 6.45) is 3.07. The zero-order chi connectivity index (χ0) is 21.2. The number of ether oxygens (including phenoxy) is 1. The fourth-order valence-corrected chi connectivity index (χ4v) is 4.24. The molecule has 1 aliphatic carbocycles. The molecule has 5 rings (SSSR count). The summed E-state index contributed by atoms with van der Waals surface area (Å²) in [7, 11) is 0. The number of carbonyl (C=O) groups is 1. The molecule has 6 nitrogen and oxygen atoms in total. The molecule has 2 aliphatic rings. The van der Waals surface area contributed by atoms with Gasteiger partial charge in [0, 0.05) is 30.9 Å². The van der Waals surface area contributed by atoms with E-state index in [0.29, 0.717) is 43.5 Å². The van der Waals surface area contributed by atoms with Gasteiger partial charge in [-0.25, -0.2) is 14.4 Å². The molecule has 3 aromatic rings. The highest BCUT2D eigenvalue weighted by Gasteiger charge is 2.26. The summed E-state index contributed by atoms with van der Waals surface area (Å²) in [6, 6.07) is 14.6. The number of hydrogen-bond donors (Lipinski definition) is 1. The third-order valence-corrected chi connectivity index (χ3v) is 5.83. The highest BCUT2D eigenvalue weighted by atomic mass is 19.1. The van der Waals surface area contributed by atoms with Crippen LogP contribution in [0.15, 0.2) is 54.7 Å². The molecule has 158 valence electrons. The molecule has 0 atom stereocenters. The van der Waals surface area contributed by atoms with Gasteiger partial charge < -0.3 is 15.0 Å². The van der Waals surface area contributed by atoms with Crippen LogP contribution in [0.25, 0.3) is 11.3 Å². The number of benzene rings is 2. The van der Waals surface area contributed by atoms with Crippen molar-refractivity contribution in [3.8, 4) is 11.3 Å². The summed E-state index contributed by atoms with van der Waals surface area (Å²) in [5, 5.41) is 3.10. The summed E-state index contributed by atoms with van der Waals surface area (Å²) in [5.74, 6) is -0.229. The van der Waals surface area contributed by atoms with Gasteiger partial charge in [-0.2, -0.15) is 0 Å². The Balaban J connectivity index is 1.46. The number of fused-ring (bicyclic) bond motifs is 1. The van der Waals surface area contributed by atoms with Crippen molar-refractivity contribution in [2.45, 2.75) is 18.9 Å². The van der Waals surface area contributed by atoms with E-state index in [2.05, 4.69) is 27.4 Å². The lowest BCUT2D eigenvalue weighted by Gasteiger charge is -2.27. The first-order chi connectivity index (χ1) is 15.2. The molecule has 0 spiro atoms. The van der Waals surface area contributed by atoms with Crippen molar-refractivity contribution in [3.63, 3.8) is 0 Å². The second kappa shape index (κ2) is 8.43. The van der Waals surface area contributed by atoms with E-state index in [4.69, 9.17) is 4.74 Å². The number of amides is 1. The lowest BCUT2D eigenvalue weighted by atomic mass is 10.1. The van der Waals surface area contributed by atoms with Gasteiger partial charge >= 0.3 is 0 Å². The van der Waals surface area contributed by atoms with Crippen molar-refractivity contribution in [2.24, 2.45) is 0 Å². The Morgan fingerprint density at radius 1 is 1.03 bits per heavy atom. The quantitative estimate of drug-likeness (QED) is 0.706. The van der Waals surface area contributed by atoms with Gasteiger partial charge in [0.25, 0.3) is 5.91 Å². The second-order valence-corrected chi connectivity index (χ2v) is 7.86. The molecule has 2 heterocycles. The first-order valence-corrected chi connectivity index (χ1v) is 10.5.